The van der Waals surface area contributed by atoms with E-state index in [1.54, 1.807) is 0 Å². The monoisotopic (exact) mass is 262 g/mol. The molecule has 0 aliphatic heterocycles. The first-order valence-corrected chi connectivity index (χ1v) is 7.09. The molecule has 84 valence electrons. The van der Waals surface area contributed by atoms with E-state index in [1.807, 2.05) is 42.5 Å². The molecule has 0 N–H and O–H groups in total. The van der Waals surface area contributed by atoms with E-state index in [0.29, 0.717) is 4.67 Å². The Morgan fingerprint density at radius 2 is 1.88 bits per heavy atom. The van der Waals surface area contributed by atoms with Crippen LogP contribution in [0.1, 0.15) is 0 Å². The van der Waals surface area contributed by atoms with Gasteiger partial charge in [0, 0.05) is 15.9 Å². The second kappa shape index (κ2) is 4.35. The highest BCUT2D eigenvalue weighted by molar-refractivity contribution is 7.65. The lowest BCUT2D eigenvalue weighted by Gasteiger charge is -1.99. The summed E-state index contributed by atoms with van der Waals surface area (Å²) in [5.74, 6) is -0.493. The number of aromatic nitrogens is 1. The molecule has 1 heterocycles. The lowest BCUT2D eigenvalue weighted by Crippen LogP contribution is -1.98. The Hall–Kier alpha value is -1.59. The third-order valence-electron chi connectivity index (χ3n) is 2.40. The summed E-state index contributed by atoms with van der Waals surface area (Å²) in [4.78, 5) is 4.32. The average molecular weight is 262 g/mol. The van der Waals surface area contributed by atoms with Crippen LogP contribution in [-0.4, -0.2) is 4.37 Å². The van der Waals surface area contributed by atoms with Crippen LogP contribution in [0.4, 0.5) is 10.1 Å². The van der Waals surface area contributed by atoms with Gasteiger partial charge >= 0.3 is 0 Å². The van der Waals surface area contributed by atoms with E-state index >= 15 is 0 Å². The molecular weight excluding hydrogens is 255 g/mol. The second-order valence-electron chi connectivity index (χ2n) is 3.46. The van der Waals surface area contributed by atoms with Crippen LogP contribution in [0.3, 0.4) is 0 Å². The van der Waals surface area contributed by atoms with E-state index in [2.05, 4.69) is 9.37 Å². The summed E-state index contributed by atoms with van der Waals surface area (Å²) in [6.45, 7) is 0. The van der Waals surface area contributed by atoms with Gasteiger partial charge < -0.3 is 0 Å². The van der Waals surface area contributed by atoms with Crippen LogP contribution in [-0.2, 0) is 0 Å². The van der Waals surface area contributed by atoms with E-state index < -0.39 is 5.95 Å². The average Bonchev–Trinajstić information content (AvgIpc) is 2.76. The lowest BCUT2D eigenvalue weighted by molar-refractivity contribution is 0.587. The molecule has 0 bridgehead atoms. The van der Waals surface area contributed by atoms with E-state index in [1.165, 1.54) is 10.3 Å². The van der Waals surface area contributed by atoms with Crippen LogP contribution in [0.2, 0.25) is 0 Å². The number of hydrogen-bond acceptors (Lipinski definition) is 4. The van der Waals surface area contributed by atoms with E-state index in [9.17, 15) is 4.39 Å². The molecule has 1 aromatic heterocycles. The van der Waals surface area contributed by atoms with Crippen LogP contribution < -0.4 is 4.67 Å². The van der Waals surface area contributed by atoms with Gasteiger partial charge in [-0.2, -0.15) is 4.39 Å². The van der Waals surface area contributed by atoms with Crippen molar-refractivity contribution in [3.05, 3.63) is 53.1 Å². The Morgan fingerprint density at radius 1 is 1.06 bits per heavy atom. The molecule has 0 aliphatic carbocycles. The molecule has 2 nitrogen and oxygen atoms in total. The molecule has 0 saturated heterocycles. The van der Waals surface area contributed by atoms with Gasteiger partial charge in [0.1, 0.15) is 0 Å². The highest BCUT2D eigenvalue weighted by atomic mass is 32.9. The Kier molecular flexibility index (Phi) is 2.70. The summed E-state index contributed by atoms with van der Waals surface area (Å²) >= 11 is 0. The van der Waals surface area contributed by atoms with Crippen LogP contribution in [0.5, 0.6) is 0 Å². The standard InChI is InChI=1S/C12H7FN2S2/c13-11-12(16-17-15-11)14-10-7-3-5-8-4-1-2-6-9(8)10/h1-7H. The SMILES string of the molecule is Fc1nssc1=Nc1cccc2ccccc12. The number of nitrogens with zero attached hydrogens (tertiary/aromatic N) is 2. The van der Waals surface area contributed by atoms with Gasteiger partial charge in [0.15, 0.2) is 4.67 Å². The summed E-state index contributed by atoms with van der Waals surface area (Å²) in [6.07, 6.45) is 0. The molecule has 0 fully saturated rings. The normalized spacial score (nSPS) is 12.2. The first-order chi connectivity index (χ1) is 8.34. The second-order valence-corrected chi connectivity index (χ2v) is 5.29. The molecule has 17 heavy (non-hydrogen) atoms. The van der Waals surface area contributed by atoms with Crippen LogP contribution in [0.15, 0.2) is 47.5 Å². The highest BCUT2D eigenvalue weighted by Crippen LogP contribution is 2.25. The van der Waals surface area contributed by atoms with Gasteiger partial charge in [-0.15, -0.1) is 4.37 Å². The molecule has 2 aromatic carbocycles. The van der Waals surface area contributed by atoms with Crippen LogP contribution in [0, 0.1) is 5.95 Å². The zero-order valence-corrected chi connectivity index (χ0v) is 10.3. The maximum absolute atomic E-state index is 13.3. The first-order valence-electron chi connectivity index (χ1n) is 4.98. The number of hydrogen-bond donors (Lipinski definition) is 0. The van der Waals surface area contributed by atoms with Gasteiger partial charge in [0.25, 0.3) is 5.95 Å². The summed E-state index contributed by atoms with van der Waals surface area (Å²) in [7, 11) is 2.36. The Bertz CT molecular complexity index is 725. The molecule has 0 saturated carbocycles. The van der Waals surface area contributed by atoms with Crippen molar-refractivity contribution in [2.45, 2.75) is 0 Å². The zero-order chi connectivity index (χ0) is 11.7. The number of fused-ring (bicyclic) bond motifs is 1. The van der Waals surface area contributed by atoms with Crippen LogP contribution >= 0.6 is 20.9 Å². The molecule has 0 radical (unpaired) electrons. The van der Waals surface area contributed by atoms with Gasteiger partial charge in [-0.05, 0) is 21.8 Å². The summed E-state index contributed by atoms with van der Waals surface area (Å²) in [5, 5.41) is 2.12. The Labute approximate surface area is 104 Å². The molecule has 0 spiro atoms. The third kappa shape index (κ3) is 1.99. The Morgan fingerprint density at radius 3 is 2.71 bits per heavy atom. The fourth-order valence-electron chi connectivity index (χ4n) is 1.64. The molecule has 3 rings (SSSR count). The van der Waals surface area contributed by atoms with Crippen molar-refractivity contribution in [1.82, 2.24) is 4.37 Å². The molecule has 3 aromatic rings. The van der Waals surface area contributed by atoms with Gasteiger partial charge in [-0.3, -0.25) is 0 Å². The lowest BCUT2D eigenvalue weighted by atomic mass is 10.1. The van der Waals surface area contributed by atoms with Crippen molar-refractivity contribution in [2.24, 2.45) is 4.99 Å². The molecular formula is C12H7FN2S2. The van der Waals surface area contributed by atoms with Gasteiger partial charge in [-0.1, -0.05) is 36.4 Å². The summed E-state index contributed by atoms with van der Waals surface area (Å²) in [6, 6.07) is 13.7. The fraction of sp³-hybridized carbons (Fsp3) is 0. The predicted octanol–water partition coefficient (Wildman–Crippen LogP) is 3.73. The van der Waals surface area contributed by atoms with Gasteiger partial charge in [0.2, 0.25) is 0 Å². The van der Waals surface area contributed by atoms with E-state index in [4.69, 9.17) is 0 Å². The largest absolute Gasteiger partial charge is 0.261 e. The minimum atomic E-state index is -0.493. The fourth-order valence-corrected chi connectivity index (χ4v) is 3.05. The minimum Gasteiger partial charge on any atom is -0.232 e. The van der Waals surface area contributed by atoms with Crippen molar-refractivity contribution in [1.29, 1.82) is 0 Å². The first kappa shape index (κ1) is 10.6. The van der Waals surface area contributed by atoms with Gasteiger partial charge in [-0.25, -0.2) is 4.99 Å². The third-order valence-corrected chi connectivity index (χ3v) is 4.05. The zero-order valence-electron chi connectivity index (χ0n) is 8.63. The maximum Gasteiger partial charge on any atom is 0.261 e. The maximum atomic E-state index is 13.3. The van der Waals surface area contributed by atoms with Crippen molar-refractivity contribution in [3.63, 3.8) is 0 Å². The van der Waals surface area contributed by atoms with Crippen molar-refractivity contribution in [2.75, 3.05) is 0 Å². The molecule has 0 unspecified atom stereocenters. The van der Waals surface area contributed by atoms with E-state index in [0.717, 1.165) is 27.0 Å². The number of rotatable bonds is 1. The highest BCUT2D eigenvalue weighted by Gasteiger charge is 2.02. The molecule has 5 heteroatoms. The van der Waals surface area contributed by atoms with Crippen molar-refractivity contribution in [3.8, 4) is 0 Å². The summed E-state index contributed by atoms with van der Waals surface area (Å²) in [5.41, 5.74) is 0.776. The smallest absolute Gasteiger partial charge is 0.232 e. The Balaban J connectivity index is 2.29. The quantitative estimate of drug-likeness (QED) is 0.613. The topological polar surface area (TPSA) is 25.2 Å². The van der Waals surface area contributed by atoms with Gasteiger partial charge in [0.05, 0.1) is 5.69 Å². The number of benzene rings is 2. The molecule has 0 atom stereocenters. The minimum absolute atomic E-state index is 0.339. The van der Waals surface area contributed by atoms with Crippen molar-refractivity contribution < 1.29 is 4.39 Å². The molecule has 0 amide bonds. The van der Waals surface area contributed by atoms with Crippen LogP contribution in [0.25, 0.3) is 10.8 Å². The molecule has 0 aliphatic rings. The van der Waals surface area contributed by atoms with Crippen molar-refractivity contribution >= 4 is 37.3 Å². The predicted molar refractivity (Wildman–Crippen MR) is 69.1 cm³/mol. The number of halogens is 1. The van der Waals surface area contributed by atoms with E-state index in [-0.39, 0.29) is 0 Å². The summed E-state index contributed by atoms with van der Waals surface area (Å²) < 4.78 is 17.2.